The molecular formula is C25H25N3O2. The van der Waals surface area contributed by atoms with Crippen LogP contribution in [0.2, 0.25) is 0 Å². The van der Waals surface area contributed by atoms with E-state index in [0.717, 1.165) is 24.2 Å². The van der Waals surface area contributed by atoms with Crippen LogP contribution in [0.1, 0.15) is 28.7 Å². The number of hydrogen-bond acceptors (Lipinski definition) is 5. The van der Waals surface area contributed by atoms with Crippen LogP contribution in [0, 0.1) is 0 Å². The molecule has 5 nitrogen and oxygen atoms in total. The Kier molecular flexibility index (Phi) is 5.55. The van der Waals surface area contributed by atoms with Gasteiger partial charge in [0.1, 0.15) is 12.3 Å². The highest BCUT2D eigenvalue weighted by Crippen LogP contribution is 2.22. The Morgan fingerprint density at radius 1 is 0.800 bits per heavy atom. The van der Waals surface area contributed by atoms with Crippen molar-refractivity contribution in [3.05, 3.63) is 101 Å². The minimum absolute atomic E-state index is 0.129. The fourth-order valence-corrected chi connectivity index (χ4v) is 3.97. The lowest BCUT2D eigenvalue weighted by Crippen LogP contribution is -2.28. The van der Waals surface area contributed by atoms with E-state index in [4.69, 9.17) is 19.5 Å². The second-order valence-corrected chi connectivity index (χ2v) is 7.80. The molecule has 5 heteroatoms. The van der Waals surface area contributed by atoms with E-state index in [-0.39, 0.29) is 18.3 Å². The van der Waals surface area contributed by atoms with Crippen molar-refractivity contribution < 1.29 is 9.47 Å². The number of ether oxygens (including phenoxy) is 2. The van der Waals surface area contributed by atoms with Gasteiger partial charge in [0, 0.05) is 6.04 Å². The van der Waals surface area contributed by atoms with Gasteiger partial charge in [-0.15, -0.1) is 0 Å². The zero-order valence-electron chi connectivity index (χ0n) is 16.8. The summed E-state index contributed by atoms with van der Waals surface area (Å²) in [6, 6.07) is 27.2. The SMILES string of the molecule is c1ccc(CC2COC(c3cccc(C4NC(Cc5ccccc5)CO4)n3)=N2)cc1. The van der Waals surface area contributed by atoms with Gasteiger partial charge in [-0.2, -0.15) is 0 Å². The van der Waals surface area contributed by atoms with Crippen LogP contribution >= 0.6 is 0 Å². The first kappa shape index (κ1) is 19.0. The van der Waals surface area contributed by atoms with Gasteiger partial charge < -0.3 is 9.47 Å². The van der Waals surface area contributed by atoms with Crippen molar-refractivity contribution in [2.45, 2.75) is 31.2 Å². The predicted octanol–water partition coefficient (Wildman–Crippen LogP) is 3.70. The highest BCUT2D eigenvalue weighted by Gasteiger charge is 2.28. The van der Waals surface area contributed by atoms with Crippen molar-refractivity contribution in [3.63, 3.8) is 0 Å². The Morgan fingerprint density at radius 2 is 1.53 bits per heavy atom. The average Bonchev–Trinajstić information content (AvgIpc) is 3.45. The third-order valence-electron chi connectivity index (χ3n) is 5.46. The summed E-state index contributed by atoms with van der Waals surface area (Å²) in [6.07, 6.45) is 1.60. The summed E-state index contributed by atoms with van der Waals surface area (Å²) in [6.45, 7) is 1.26. The van der Waals surface area contributed by atoms with Crippen molar-refractivity contribution in [1.29, 1.82) is 0 Å². The van der Waals surface area contributed by atoms with Gasteiger partial charge in [0.2, 0.25) is 5.90 Å². The number of pyridine rings is 1. The Balaban J connectivity index is 1.24. The molecule has 0 saturated carbocycles. The first-order valence-corrected chi connectivity index (χ1v) is 10.5. The fourth-order valence-electron chi connectivity index (χ4n) is 3.97. The summed E-state index contributed by atoms with van der Waals surface area (Å²) in [4.78, 5) is 9.54. The second-order valence-electron chi connectivity index (χ2n) is 7.80. The van der Waals surface area contributed by atoms with Crippen LogP contribution in [-0.2, 0) is 22.3 Å². The molecule has 0 bridgehead atoms. The topological polar surface area (TPSA) is 55.7 Å². The van der Waals surface area contributed by atoms with E-state index in [1.54, 1.807) is 0 Å². The maximum Gasteiger partial charge on any atom is 0.235 e. The highest BCUT2D eigenvalue weighted by atomic mass is 16.5. The van der Waals surface area contributed by atoms with E-state index in [9.17, 15) is 0 Å². The molecule has 30 heavy (non-hydrogen) atoms. The molecule has 0 aliphatic carbocycles. The first-order valence-electron chi connectivity index (χ1n) is 10.5. The largest absolute Gasteiger partial charge is 0.474 e. The molecule has 5 rings (SSSR count). The summed E-state index contributed by atoms with van der Waals surface area (Å²) >= 11 is 0. The number of hydrogen-bond donors (Lipinski definition) is 1. The van der Waals surface area contributed by atoms with E-state index in [0.29, 0.717) is 19.1 Å². The lowest BCUT2D eigenvalue weighted by Gasteiger charge is -2.13. The van der Waals surface area contributed by atoms with Crippen molar-refractivity contribution in [1.82, 2.24) is 10.3 Å². The highest BCUT2D eigenvalue weighted by molar-refractivity contribution is 5.93. The number of nitrogens with one attached hydrogen (secondary N) is 1. The summed E-state index contributed by atoms with van der Waals surface area (Å²) in [5.41, 5.74) is 4.20. The molecule has 0 amide bonds. The molecule has 1 N–H and O–H groups in total. The molecule has 0 spiro atoms. The Bertz CT molecular complexity index is 1010. The molecule has 2 aromatic carbocycles. The van der Waals surface area contributed by atoms with Gasteiger partial charge in [-0.25, -0.2) is 9.98 Å². The van der Waals surface area contributed by atoms with Crippen molar-refractivity contribution >= 4 is 5.90 Å². The van der Waals surface area contributed by atoms with Crippen LogP contribution in [0.3, 0.4) is 0 Å². The van der Waals surface area contributed by atoms with E-state index in [1.807, 2.05) is 30.3 Å². The minimum Gasteiger partial charge on any atom is -0.474 e. The Hall–Kier alpha value is -3.02. The zero-order valence-corrected chi connectivity index (χ0v) is 16.8. The number of aromatic nitrogens is 1. The van der Waals surface area contributed by atoms with Crippen molar-refractivity contribution in [2.75, 3.05) is 13.2 Å². The number of nitrogens with zero attached hydrogens (tertiary/aromatic N) is 2. The summed E-state index contributed by atoms with van der Waals surface area (Å²) in [5.74, 6) is 0.622. The Labute approximate surface area is 176 Å². The van der Waals surface area contributed by atoms with Gasteiger partial charge >= 0.3 is 0 Å². The van der Waals surface area contributed by atoms with Crippen LogP contribution in [0.15, 0.2) is 83.9 Å². The van der Waals surface area contributed by atoms with Gasteiger partial charge in [-0.3, -0.25) is 5.32 Å². The lowest BCUT2D eigenvalue weighted by atomic mass is 10.1. The van der Waals surface area contributed by atoms with Crippen molar-refractivity contribution in [3.8, 4) is 0 Å². The van der Waals surface area contributed by atoms with Crippen LogP contribution in [0.5, 0.6) is 0 Å². The molecule has 2 aliphatic rings. The molecular weight excluding hydrogens is 374 g/mol. The molecule has 0 radical (unpaired) electrons. The smallest absolute Gasteiger partial charge is 0.235 e. The van der Waals surface area contributed by atoms with Gasteiger partial charge in [0.05, 0.1) is 18.3 Å². The van der Waals surface area contributed by atoms with Gasteiger partial charge in [0.25, 0.3) is 0 Å². The fraction of sp³-hybridized carbons (Fsp3) is 0.280. The maximum atomic E-state index is 5.99. The quantitative estimate of drug-likeness (QED) is 0.687. The summed E-state index contributed by atoms with van der Waals surface area (Å²) in [5, 5.41) is 3.55. The van der Waals surface area contributed by atoms with E-state index in [2.05, 4.69) is 53.8 Å². The van der Waals surface area contributed by atoms with Crippen LogP contribution in [-0.4, -0.2) is 36.2 Å². The standard InChI is InChI=1S/C25H25N3O2/c1-3-8-18(9-4-1)14-20-16-29-24(26-20)22-12-7-13-23(28-22)25-27-21(17-30-25)15-19-10-5-2-6-11-19/h1-13,20-21,24,26H,14-17H2. The molecule has 152 valence electrons. The normalized spacial score (nSPS) is 23.2. The van der Waals surface area contributed by atoms with Gasteiger partial charge in [-0.05, 0) is 36.1 Å². The molecule has 1 saturated heterocycles. The van der Waals surface area contributed by atoms with Gasteiger partial charge in [0.15, 0.2) is 6.23 Å². The van der Waals surface area contributed by atoms with E-state index < -0.39 is 0 Å². The number of aliphatic imine (C=N–C) groups is 1. The van der Waals surface area contributed by atoms with E-state index in [1.165, 1.54) is 11.1 Å². The van der Waals surface area contributed by atoms with Crippen LogP contribution in [0.25, 0.3) is 0 Å². The molecule has 3 aromatic rings. The summed E-state index contributed by atoms with van der Waals surface area (Å²) < 4.78 is 11.9. The van der Waals surface area contributed by atoms with Crippen LogP contribution < -0.4 is 5.32 Å². The average molecular weight is 399 g/mol. The van der Waals surface area contributed by atoms with E-state index >= 15 is 0 Å². The number of benzene rings is 2. The van der Waals surface area contributed by atoms with Crippen molar-refractivity contribution in [2.24, 2.45) is 4.99 Å². The lowest BCUT2D eigenvalue weighted by molar-refractivity contribution is 0.0973. The molecule has 3 heterocycles. The molecule has 3 unspecified atom stereocenters. The third kappa shape index (κ3) is 4.42. The minimum atomic E-state index is -0.208. The summed E-state index contributed by atoms with van der Waals surface area (Å²) in [7, 11) is 0. The second kappa shape index (κ2) is 8.78. The first-order chi connectivity index (χ1) is 14.8. The zero-order chi connectivity index (χ0) is 20.2. The predicted molar refractivity (Wildman–Crippen MR) is 116 cm³/mol. The van der Waals surface area contributed by atoms with Crippen LogP contribution in [0.4, 0.5) is 0 Å². The molecule has 1 fully saturated rings. The number of rotatable bonds is 6. The molecule has 1 aromatic heterocycles. The van der Waals surface area contributed by atoms with Gasteiger partial charge in [-0.1, -0.05) is 66.7 Å². The molecule has 3 atom stereocenters. The third-order valence-corrected chi connectivity index (χ3v) is 5.46. The molecule has 2 aliphatic heterocycles. The Morgan fingerprint density at radius 3 is 2.30 bits per heavy atom. The monoisotopic (exact) mass is 399 g/mol. The maximum absolute atomic E-state index is 5.99.